The molecule has 0 bridgehead atoms. The molecule has 1 aliphatic heterocycles. The SMILES string of the molecule is Cc1cc(C)c(C2NC(C(=O)O)CCS2)c(C)c1. The molecule has 18 heavy (non-hydrogen) atoms. The van der Waals surface area contributed by atoms with Crippen LogP contribution in [0.25, 0.3) is 0 Å². The fourth-order valence-corrected chi connectivity index (χ4v) is 3.99. The highest BCUT2D eigenvalue weighted by molar-refractivity contribution is 7.99. The van der Waals surface area contributed by atoms with Crippen molar-refractivity contribution < 1.29 is 9.90 Å². The van der Waals surface area contributed by atoms with Gasteiger partial charge in [-0.3, -0.25) is 10.1 Å². The molecule has 4 heteroatoms. The monoisotopic (exact) mass is 265 g/mol. The van der Waals surface area contributed by atoms with Gasteiger partial charge in [-0.05, 0) is 49.6 Å². The summed E-state index contributed by atoms with van der Waals surface area (Å²) < 4.78 is 0. The highest BCUT2D eigenvalue weighted by atomic mass is 32.2. The van der Waals surface area contributed by atoms with Crippen LogP contribution in [0.4, 0.5) is 0 Å². The summed E-state index contributed by atoms with van der Waals surface area (Å²) >= 11 is 1.80. The Morgan fingerprint density at radius 2 is 1.94 bits per heavy atom. The maximum Gasteiger partial charge on any atom is 0.320 e. The number of aliphatic carboxylic acids is 1. The summed E-state index contributed by atoms with van der Waals surface area (Å²) in [6, 6.07) is 3.90. The van der Waals surface area contributed by atoms with Crippen LogP contribution in [0.1, 0.15) is 34.0 Å². The zero-order valence-electron chi connectivity index (χ0n) is 11.0. The second-order valence-electron chi connectivity index (χ2n) is 4.91. The number of hydrogen-bond donors (Lipinski definition) is 2. The molecule has 1 fully saturated rings. The number of thioether (sulfide) groups is 1. The van der Waals surface area contributed by atoms with E-state index in [1.165, 1.54) is 22.3 Å². The van der Waals surface area contributed by atoms with Gasteiger partial charge in [0.15, 0.2) is 0 Å². The average molecular weight is 265 g/mol. The molecule has 1 aromatic rings. The van der Waals surface area contributed by atoms with E-state index in [0.29, 0.717) is 6.42 Å². The Labute approximate surface area is 112 Å². The van der Waals surface area contributed by atoms with Crippen molar-refractivity contribution in [2.24, 2.45) is 0 Å². The largest absolute Gasteiger partial charge is 0.480 e. The third-order valence-electron chi connectivity index (χ3n) is 3.34. The minimum atomic E-state index is -0.747. The van der Waals surface area contributed by atoms with Crippen LogP contribution in [0.15, 0.2) is 12.1 Å². The standard InChI is InChI=1S/C14H19NO2S/c1-8-6-9(2)12(10(3)7-8)13-15-11(14(16)17)4-5-18-13/h6-7,11,13,15H,4-5H2,1-3H3,(H,16,17). The van der Waals surface area contributed by atoms with Crippen LogP contribution in [0.5, 0.6) is 0 Å². The summed E-state index contributed by atoms with van der Waals surface area (Å²) in [5.74, 6) is 0.143. The molecule has 1 aliphatic rings. The number of nitrogens with one attached hydrogen (secondary N) is 1. The van der Waals surface area contributed by atoms with Crippen LogP contribution in [-0.4, -0.2) is 22.9 Å². The Balaban J connectivity index is 2.29. The second-order valence-corrected chi connectivity index (χ2v) is 6.12. The van der Waals surface area contributed by atoms with Crippen LogP contribution in [-0.2, 0) is 4.79 Å². The molecule has 1 heterocycles. The summed E-state index contributed by atoms with van der Waals surface area (Å²) in [5.41, 5.74) is 4.98. The van der Waals surface area contributed by atoms with Crippen molar-refractivity contribution in [3.8, 4) is 0 Å². The molecule has 2 unspecified atom stereocenters. The molecule has 0 radical (unpaired) electrons. The second kappa shape index (κ2) is 5.33. The topological polar surface area (TPSA) is 49.3 Å². The average Bonchev–Trinajstić information content (AvgIpc) is 2.28. The summed E-state index contributed by atoms with van der Waals surface area (Å²) in [4.78, 5) is 11.1. The third-order valence-corrected chi connectivity index (χ3v) is 4.52. The van der Waals surface area contributed by atoms with E-state index in [1.807, 2.05) is 0 Å². The van der Waals surface area contributed by atoms with Crippen molar-refractivity contribution in [3.05, 3.63) is 34.4 Å². The predicted octanol–water partition coefficient (Wildman–Crippen LogP) is 2.79. The summed E-state index contributed by atoms with van der Waals surface area (Å²) in [6.45, 7) is 6.29. The molecular weight excluding hydrogens is 246 g/mol. The lowest BCUT2D eigenvalue weighted by atomic mass is 9.99. The lowest BCUT2D eigenvalue weighted by Crippen LogP contribution is -2.42. The van der Waals surface area contributed by atoms with E-state index in [0.717, 1.165) is 5.75 Å². The van der Waals surface area contributed by atoms with Crippen molar-refractivity contribution in [3.63, 3.8) is 0 Å². The predicted molar refractivity (Wildman–Crippen MR) is 75.0 cm³/mol. The first-order valence-corrected chi connectivity index (χ1v) is 7.22. The highest BCUT2D eigenvalue weighted by Crippen LogP contribution is 2.35. The zero-order valence-corrected chi connectivity index (χ0v) is 11.8. The Hall–Kier alpha value is -1.00. The first-order chi connectivity index (χ1) is 8.49. The molecule has 98 valence electrons. The molecule has 3 nitrogen and oxygen atoms in total. The Morgan fingerprint density at radius 3 is 2.50 bits per heavy atom. The number of benzene rings is 1. The first kappa shape index (κ1) is 13.4. The highest BCUT2D eigenvalue weighted by Gasteiger charge is 2.28. The molecule has 1 saturated heterocycles. The van der Waals surface area contributed by atoms with E-state index in [9.17, 15) is 4.79 Å². The van der Waals surface area contributed by atoms with Gasteiger partial charge < -0.3 is 5.11 Å². The third kappa shape index (κ3) is 2.70. The lowest BCUT2D eigenvalue weighted by molar-refractivity contribution is -0.139. The normalized spacial score (nSPS) is 23.9. The maximum absolute atomic E-state index is 11.1. The summed E-state index contributed by atoms with van der Waals surface area (Å²) in [6.07, 6.45) is 0.695. The molecular formula is C14H19NO2S. The Kier molecular flexibility index (Phi) is 3.97. The van der Waals surface area contributed by atoms with Gasteiger partial charge in [-0.15, -0.1) is 11.8 Å². The van der Waals surface area contributed by atoms with Gasteiger partial charge in [0.05, 0.1) is 5.37 Å². The van der Waals surface area contributed by atoms with E-state index in [2.05, 4.69) is 38.2 Å². The van der Waals surface area contributed by atoms with Crippen LogP contribution >= 0.6 is 11.8 Å². The molecule has 1 aromatic carbocycles. The summed E-state index contributed by atoms with van der Waals surface area (Å²) in [5, 5.41) is 12.4. The van der Waals surface area contributed by atoms with Crippen molar-refractivity contribution in [2.45, 2.75) is 38.6 Å². The number of rotatable bonds is 2. The molecule has 0 amide bonds. The van der Waals surface area contributed by atoms with Gasteiger partial charge >= 0.3 is 5.97 Å². The van der Waals surface area contributed by atoms with Gasteiger partial charge in [0.2, 0.25) is 0 Å². The van der Waals surface area contributed by atoms with Crippen molar-refractivity contribution in [1.29, 1.82) is 0 Å². The number of carboxylic acids is 1. The number of carboxylic acid groups (broad SMARTS) is 1. The minimum Gasteiger partial charge on any atom is -0.480 e. The van der Waals surface area contributed by atoms with E-state index < -0.39 is 12.0 Å². The molecule has 2 rings (SSSR count). The number of aryl methyl sites for hydroxylation is 3. The quantitative estimate of drug-likeness (QED) is 0.863. The lowest BCUT2D eigenvalue weighted by Gasteiger charge is -2.30. The fraction of sp³-hybridized carbons (Fsp3) is 0.500. The van der Waals surface area contributed by atoms with Crippen molar-refractivity contribution in [1.82, 2.24) is 5.32 Å². The Morgan fingerprint density at radius 1 is 1.33 bits per heavy atom. The van der Waals surface area contributed by atoms with Gasteiger partial charge in [0, 0.05) is 0 Å². The van der Waals surface area contributed by atoms with Gasteiger partial charge in [0.1, 0.15) is 6.04 Å². The van der Waals surface area contributed by atoms with Gasteiger partial charge in [-0.2, -0.15) is 0 Å². The van der Waals surface area contributed by atoms with Crippen LogP contribution in [0.2, 0.25) is 0 Å². The minimum absolute atomic E-state index is 0.0976. The van der Waals surface area contributed by atoms with Gasteiger partial charge in [-0.1, -0.05) is 17.7 Å². The molecule has 0 spiro atoms. The van der Waals surface area contributed by atoms with Crippen molar-refractivity contribution in [2.75, 3.05) is 5.75 Å². The molecule has 2 N–H and O–H groups in total. The first-order valence-electron chi connectivity index (χ1n) is 6.17. The zero-order chi connectivity index (χ0) is 13.3. The molecule has 2 atom stereocenters. The molecule has 0 saturated carbocycles. The fourth-order valence-electron chi connectivity index (χ4n) is 2.58. The van der Waals surface area contributed by atoms with Crippen LogP contribution in [0, 0.1) is 20.8 Å². The van der Waals surface area contributed by atoms with E-state index in [4.69, 9.17) is 5.11 Å². The van der Waals surface area contributed by atoms with E-state index in [1.54, 1.807) is 11.8 Å². The smallest absolute Gasteiger partial charge is 0.320 e. The number of hydrogen-bond acceptors (Lipinski definition) is 3. The van der Waals surface area contributed by atoms with E-state index >= 15 is 0 Å². The van der Waals surface area contributed by atoms with Crippen LogP contribution < -0.4 is 5.32 Å². The van der Waals surface area contributed by atoms with E-state index in [-0.39, 0.29) is 5.37 Å². The summed E-state index contributed by atoms with van der Waals surface area (Å²) in [7, 11) is 0. The van der Waals surface area contributed by atoms with Gasteiger partial charge in [-0.25, -0.2) is 0 Å². The molecule has 0 aromatic heterocycles. The maximum atomic E-state index is 11.1. The van der Waals surface area contributed by atoms with Crippen LogP contribution in [0.3, 0.4) is 0 Å². The Bertz CT molecular complexity index is 450. The molecule has 0 aliphatic carbocycles. The van der Waals surface area contributed by atoms with Crippen molar-refractivity contribution >= 4 is 17.7 Å². The number of carbonyl (C=O) groups is 1. The van der Waals surface area contributed by atoms with Gasteiger partial charge in [0.25, 0.3) is 0 Å².